The average Bonchev–Trinajstić information content (AvgIpc) is 2.57. The molecular formula is C19H13FN2O. The van der Waals surface area contributed by atoms with Crippen LogP contribution in [0, 0.1) is 17.1 Å². The Bertz CT molecular complexity index is 940. The van der Waals surface area contributed by atoms with Gasteiger partial charge >= 0.3 is 0 Å². The largest absolute Gasteiger partial charge is 0.303 e. The number of rotatable bonds is 3. The van der Waals surface area contributed by atoms with E-state index in [1.54, 1.807) is 18.2 Å². The first-order valence-corrected chi connectivity index (χ1v) is 7.13. The molecule has 4 heteroatoms. The van der Waals surface area contributed by atoms with Gasteiger partial charge in [0.05, 0.1) is 12.2 Å². The van der Waals surface area contributed by atoms with Gasteiger partial charge < -0.3 is 4.57 Å². The second kappa shape index (κ2) is 6.29. The number of halogens is 1. The maximum absolute atomic E-state index is 13.4. The minimum atomic E-state index is -0.377. The van der Waals surface area contributed by atoms with Gasteiger partial charge in [-0.3, -0.25) is 4.79 Å². The summed E-state index contributed by atoms with van der Waals surface area (Å²) < 4.78 is 14.9. The Morgan fingerprint density at radius 1 is 1.00 bits per heavy atom. The molecule has 0 amide bonds. The van der Waals surface area contributed by atoms with Crippen LogP contribution in [-0.2, 0) is 6.54 Å². The third-order valence-electron chi connectivity index (χ3n) is 3.59. The summed E-state index contributed by atoms with van der Waals surface area (Å²) in [6.07, 6.45) is 0. The molecule has 0 saturated carbocycles. The van der Waals surface area contributed by atoms with Gasteiger partial charge in [-0.15, -0.1) is 0 Å². The topological polar surface area (TPSA) is 45.8 Å². The van der Waals surface area contributed by atoms with Crippen molar-refractivity contribution in [3.05, 3.63) is 94.0 Å². The van der Waals surface area contributed by atoms with E-state index in [0.717, 1.165) is 5.56 Å². The lowest BCUT2D eigenvalue weighted by atomic mass is 10.1. The van der Waals surface area contributed by atoms with E-state index < -0.39 is 0 Å². The molecule has 0 spiro atoms. The van der Waals surface area contributed by atoms with Crippen LogP contribution in [0.1, 0.15) is 11.1 Å². The molecule has 3 rings (SSSR count). The molecule has 0 fully saturated rings. The van der Waals surface area contributed by atoms with Crippen molar-refractivity contribution in [3.8, 4) is 17.3 Å². The SMILES string of the molecule is N#Cc1ccc(-c2ccccc2)n(Cc2cccc(F)c2)c1=O. The van der Waals surface area contributed by atoms with Crippen LogP contribution >= 0.6 is 0 Å². The molecule has 0 atom stereocenters. The van der Waals surface area contributed by atoms with E-state index in [9.17, 15) is 9.18 Å². The third kappa shape index (κ3) is 3.04. The van der Waals surface area contributed by atoms with Gasteiger partial charge in [-0.25, -0.2) is 4.39 Å². The molecule has 1 heterocycles. The third-order valence-corrected chi connectivity index (χ3v) is 3.59. The molecule has 3 nitrogen and oxygen atoms in total. The second-order valence-electron chi connectivity index (χ2n) is 5.13. The van der Waals surface area contributed by atoms with Crippen molar-refractivity contribution in [1.82, 2.24) is 4.57 Å². The highest BCUT2D eigenvalue weighted by Gasteiger charge is 2.11. The molecule has 0 bridgehead atoms. The Labute approximate surface area is 132 Å². The van der Waals surface area contributed by atoms with Gasteiger partial charge in [0.1, 0.15) is 17.4 Å². The highest BCUT2D eigenvalue weighted by atomic mass is 19.1. The van der Waals surface area contributed by atoms with Gasteiger partial charge in [-0.2, -0.15) is 5.26 Å². The molecule has 0 aliphatic rings. The average molecular weight is 304 g/mol. The van der Waals surface area contributed by atoms with Crippen molar-refractivity contribution >= 4 is 0 Å². The molecule has 23 heavy (non-hydrogen) atoms. The van der Waals surface area contributed by atoms with Gasteiger partial charge in [0.15, 0.2) is 0 Å². The van der Waals surface area contributed by atoms with Crippen LogP contribution in [0.3, 0.4) is 0 Å². The standard InChI is InChI=1S/C19H13FN2O/c20-17-8-4-5-14(11-17)13-22-18(15-6-2-1-3-7-15)10-9-16(12-21)19(22)23/h1-11H,13H2. The summed E-state index contributed by atoms with van der Waals surface area (Å²) in [7, 11) is 0. The first-order valence-electron chi connectivity index (χ1n) is 7.13. The molecular weight excluding hydrogens is 291 g/mol. The van der Waals surface area contributed by atoms with E-state index in [0.29, 0.717) is 11.3 Å². The maximum atomic E-state index is 13.4. The van der Waals surface area contributed by atoms with Crippen LogP contribution in [0.2, 0.25) is 0 Å². The molecule has 0 unspecified atom stereocenters. The summed E-state index contributed by atoms with van der Waals surface area (Å²) in [5.74, 6) is -0.353. The van der Waals surface area contributed by atoms with Crippen molar-refractivity contribution in [2.75, 3.05) is 0 Å². The van der Waals surface area contributed by atoms with Crippen molar-refractivity contribution in [2.45, 2.75) is 6.54 Å². The zero-order valence-corrected chi connectivity index (χ0v) is 12.2. The number of aromatic nitrogens is 1. The Balaban J connectivity index is 2.17. The summed E-state index contributed by atoms with van der Waals surface area (Å²) in [6, 6.07) is 20.7. The van der Waals surface area contributed by atoms with Crippen LogP contribution in [0.25, 0.3) is 11.3 Å². The Hall–Kier alpha value is -3.19. The number of nitriles is 1. The fraction of sp³-hybridized carbons (Fsp3) is 0.0526. The lowest BCUT2D eigenvalue weighted by Crippen LogP contribution is -2.24. The van der Waals surface area contributed by atoms with E-state index in [-0.39, 0.29) is 23.5 Å². The fourth-order valence-electron chi connectivity index (χ4n) is 2.50. The molecule has 1 aromatic heterocycles. The molecule has 3 aromatic rings. The van der Waals surface area contributed by atoms with Crippen molar-refractivity contribution in [3.63, 3.8) is 0 Å². The lowest BCUT2D eigenvalue weighted by Gasteiger charge is -2.13. The van der Waals surface area contributed by atoms with Gasteiger partial charge in [0, 0.05) is 0 Å². The minimum absolute atomic E-state index is 0.0704. The number of pyridine rings is 1. The molecule has 112 valence electrons. The fourth-order valence-corrected chi connectivity index (χ4v) is 2.50. The van der Waals surface area contributed by atoms with Crippen LogP contribution in [0.5, 0.6) is 0 Å². The molecule has 2 aromatic carbocycles. The van der Waals surface area contributed by atoms with Crippen molar-refractivity contribution in [2.24, 2.45) is 0 Å². The Morgan fingerprint density at radius 3 is 2.48 bits per heavy atom. The number of nitrogens with zero attached hydrogens (tertiary/aromatic N) is 2. The quantitative estimate of drug-likeness (QED) is 0.742. The molecule has 0 aliphatic heterocycles. The van der Waals surface area contributed by atoms with Gasteiger partial charge in [0.25, 0.3) is 5.56 Å². The Kier molecular flexibility index (Phi) is 4.03. The monoisotopic (exact) mass is 304 g/mol. The van der Waals surface area contributed by atoms with E-state index in [1.165, 1.54) is 22.8 Å². The summed E-state index contributed by atoms with van der Waals surface area (Å²) in [4.78, 5) is 12.5. The smallest absolute Gasteiger partial charge is 0.269 e. The summed E-state index contributed by atoms with van der Waals surface area (Å²) in [5.41, 5.74) is 1.92. The number of benzene rings is 2. The lowest BCUT2D eigenvalue weighted by molar-refractivity contribution is 0.623. The molecule has 0 saturated heterocycles. The maximum Gasteiger partial charge on any atom is 0.269 e. The van der Waals surface area contributed by atoms with Gasteiger partial charge in [-0.05, 0) is 35.4 Å². The van der Waals surface area contributed by atoms with Crippen molar-refractivity contribution in [1.29, 1.82) is 5.26 Å². The predicted octanol–water partition coefficient (Wildman–Crippen LogP) is 3.57. The second-order valence-corrected chi connectivity index (χ2v) is 5.13. The molecule has 0 N–H and O–H groups in total. The van der Waals surface area contributed by atoms with Gasteiger partial charge in [-0.1, -0.05) is 42.5 Å². The highest BCUT2D eigenvalue weighted by Crippen LogP contribution is 2.19. The van der Waals surface area contributed by atoms with Gasteiger partial charge in [0.2, 0.25) is 0 Å². The minimum Gasteiger partial charge on any atom is -0.303 e. The van der Waals surface area contributed by atoms with E-state index in [4.69, 9.17) is 5.26 Å². The summed E-state index contributed by atoms with van der Waals surface area (Å²) >= 11 is 0. The summed E-state index contributed by atoms with van der Waals surface area (Å²) in [5, 5.41) is 9.09. The summed E-state index contributed by atoms with van der Waals surface area (Å²) in [6.45, 7) is 0.205. The van der Waals surface area contributed by atoms with Crippen molar-refractivity contribution < 1.29 is 4.39 Å². The first kappa shape index (κ1) is 14.7. The first-order chi connectivity index (χ1) is 11.2. The molecule has 0 aliphatic carbocycles. The zero-order chi connectivity index (χ0) is 16.2. The molecule has 0 radical (unpaired) electrons. The van der Waals surface area contributed by atoms with Crippen LogP contribution in [0.15, 0.2) is 71.5 Å². The predicted molar refractivity (Wildman–Crippen MR) is 86.4 cm³/mol. The number of hydrogen-bond acceptors (Lipinski definition) is 2. The zero-order valence-electron chi connectivity index (χ0n) is 12.2. The van der Waals surface area contributed by atoms with Crippen LogP contribution < -0.4 is 5.56 Å². The van der Waals surface area contributed by atoms with E-state index >= 15 is 0 Å². The normalized spacial score (nSPS) is 10.3. The number of hydrogen-bond donors (Lipinski definition) is 0. The van der Waals surface area contributed by atoms with E-state index in [1.807, 2.05) is 36.4 Å². The van der Waals surface area contributed by atoms with Crippen LogP contribution in [-0.4, -0.2) is 4.57 Å². The highest BCUT2D eigenvalue weighted by molar-refractivity contribution is 5.60. The van der Waals surface area contributed by atoms with Crippen LogP contribution in [0.4, 0.5) is 4.39 Å². The Morgan fingerprint density at radius 2 is 1.78 bits per heavy atom. The van der Waals surface area contributed by atoms with E-state index in [2.05, 4.69) is 0 Å².